The zero-order valence-electron chi connectivity index (χ0n) is 9.18. The summed E-state index contributed by atoms with van der Waals surface area (Å²) in [4.78, 5) is 12.0. The van der Waals surface area contributed by atoms with Crippen molar-refractivity contribution in [3.63, 3.8) is 0 Å². The summed E-state index contributed by atoms with van der Waals surface area (Å²) >= 11 is 0.848. The number of hydrogen-bond acceptors (Lipinski definition) is 3. The van der Waals surface area contributed by atoms with Gasteiger partial charge in [0.1, 0.15) is 5.54 Å². The molecule has 0 unspecified atom stereocenters. The molecule has 0 fully saturated rings. The normalized spacial score (nSPS) is 18.5. The first kappa shape index (κ1) is 12.3. The SMILES string of the molecule is CC1(C)Nc2ccc(C(F)(F)F)cc2SC1=O. The molecule has 1 N–H and O–H groups in total. The van der Waals surface area contributed by atoms with Crippen LogP contribution in [0.4, 0.5) is 18.9 Å². The van der Waals surface area contributed by atoms with Gasteiger partial charge < -0.3 is 5.32 Å². The highest BCUT2D eigenvalue weighted by molar-refractivity contribution is 8.14. The second-order valence-electron chi connectivity index (χ2n) is 4.35. The standard InChI is InChI=1S/C11H10F3NOS/c1-10(2)9(16)17-8-5-6(11(12,13)14)3-4-7(8)15-10/h3-5,15H,1-2H3. The number of nitrogens with one attached hydrogen (secondary N) is 1. The predicted octanol–water partition coefficient (Wildman–Crippen LogP) is 3.53. The third kappa shape index (κ3) is 2.26. The van der Waals surface area contributed by atoms with Crippen LogP contribution in [0.5, 0.6) is 0 Å². The Morgan fingerprint density at radius 3 is 2.53 bits per heavy atom. The number of carbonyl (C=O) groups excluding carboxylic acids is 1. The molecule has 1 aliphatic heterocycles. The summed E-state index contributed by atoms with van der Waals surface area (Å²) in [6.45, 7) is 3.39. The number of alkyl halides is 3. The van der Waals surface area contributed by atoms with Crippen LogP contribution in [-0.4, -0.2) is 10.7 Å². The molecule has 6 heteroatoms. The second-order valence-corrected chi connectivity index (χ2v) is 5.36. The minimum atomic E-state index is -4.38. The van der Waals surface area contributed by atoms with Crippen LogP contribution >= 0.6 is 11.8 Å². The van der Waals surface area contributed by atoms with Crippen molar-refractivity contribution >= 4 is 22.6 Å². The Bertz CT molecular complexity index is 482. The number of carbonyl (C=O) groups is 1. The number of fused-ring (bicyclic) bond motifs is 1. The zero-order valence-corrected chi connectivity index (χ0v) is 10.00. The minimum absolute atomic E-state index is 0.190. The Kier molecular flexibility index (Phi) is 2.65. The van der Waals surface area contributed by atoms with Crippen molar-refractivity contribution in [2.45, 2.75) is 30.5 Å². The molecule has 0 aromatic heterocycles. The highest BCUT2D eigenvalue weighted by atomic mass is 32.2. The fourth-order valence-electron chi connectivity index (χ4n) is 1.50. The molecule has 0 aliphatic carbocycles. The maximum absolute atomic E-state index is 12.5. The smallest absolute Gasteiger partial charge is 0.372 e. The van der Waals surface area contributed by atoms with Crippen molar-refractivity contribution in [3.8, 4) is 0 Å². The molecule has 1 aromatic carbocycles. The first-order chi connectivity index (χ1) is 7.70. The molecular formula is C11H10F3NOS. The van der Waals surface area contributed by atoms with Crippen LogP contribution < -0.4 is 5.32 Å². The molecular weight excluding hydrogens is 251 g/mol. The number of thioether (sulfide) groups is 1. The summed E-state index contributed by atoms with van der Waals surface area (Å²) < 4.78 is 37.5. The quantitative estimate of drug-likeness (QED) is 0.774. The van der Waals surface area contributed by atoms with E-state index in [4.69, 9.17) is 0 Å². The molecule has 0 spiro atoms. The first-order valence-corrected chi connectivity index (χ1v) is 5.73. The van der Waals surface area contributed by atoms with Crippen molar-refractivity contribution in [2.75, 3.05) is 5.32 Å². The Morgan fingerprint density at radius 2 is 1.94 bits per heavy atom. The number of halogens is 3. The van der Waals surface area contributed by atoms with Crippen molar-refractivity contribution in [2.24, 2.45) is 0 Å². The highest BCUT2D eigenvalue weighted by Crippen LogP contribution is 2.41. The Labute approximate surface area is 101 Å². The summed E-state index contributed by atoms with van der Waals surface area (Å²) in [6.07, 6.45) is -4.38. The Hall–Kier alpha value is -1.17. The third-order valence-electron chi connectivity index (χ3n) is 2.47. The fourth-order valence-corrected chi connectivity index (χ4v) is 2.42. The number of hydrogen-bond donors (Lipinski definition) is 1. The van der Waals surface area contributed by atoms with Crippen molar-refractivity contribution in [1.29, 1.82) is 0 Å². The van der Waals surface area contributed by atoms with Gasteiger partial charge >= 0.3 is 6.18 Å². The minimum Gasteiger partial charge on any atom is -0.372 e. The summed E-state index contributed by atoms with van der Waals surface area (Å²) in [5, 5.41) is 2.74. The average molecular weight is 261 g/mol. The van der Waals surface area contributed by atoms with E-state index in [1.807, 2.05) is 0 Å². The molecule has 17 heavy (non-hydrogen) atoms. The van der Waals surface area contributed by atoms with Gasteiger partial charge in [-0.3, -0.25) is 4.79 Å². The lowest BCUT2D eigenvalue weighted by molar-refractivity contribution is -0.137. The molecule has 1 aromatic rings. The van der Waals surface area contributed by atoms with E-state index in [-0.39, 0.29) is 5.12 Å². The van der Waals surface area contributed by atoms with Gasteiger partial charge in [0, 0.05) is 10.6 Å². The Balaban J connectivity index is 2.43. The number of anilines is 1. The van der Waals surface area contributed by atoms with Crippen LogP contribution in [0.25, 0.3) is 0 Å². The van der Waals surface area contributed by atoms with Gasteiger partial charge in [0.15, 0.2) is 0 Å². The monoisotopic (exact) mass is 261 g/mol. The molecule has 0 saturated carbocycles. The van der Waals surface area contributed by atoms with Gasteiger partial charge in [-0.15, -0.1) is 0 Å². The van der Waals surface area contributed by atoms with Gasteiger partial charge in [-0.2, -0.15) is 13.2 Å². The molecule has 1 heterocycles. The predicted molar refractivity (Wildman–Crippen MR) is 60.0 cm³/mol. The molecule has 2 nitrogen and oxygen atoms in total. The fraction of sp³-hybridized carbons (Fsp3) is 0.364. The summed E-state index contributed by atoms with van der Waals surface area (Å²) in [5.74, 6) is 0. The molecule has 1 aliphatic rings. The van der Waals surface area contributed by atoms with E-state index in [0.29, 0.717) is 10.6 Å². The maximum atomic E-state index is 12.5. The van der Waals surface area contributed by atoms with E-state index in [0.717, 1.165) is 23.9 Å². The average Bonchev–Trinajstić information content (AvgIpc) is 2.17. The van der Waals surface area contributed by atoms with Crippen molar-refractivity contribution < 1.29 is 18.0 Å². The second kappa shape index (κ2) is 3.66. The van der Waals surface area contributed by atoms with Gasteiger partial charge in [0.25, 0.3) is 0 Å². The molecule has 0 amide bonds. The van der Waals surface area contributed by atoms with Gasteiger partial charge in [-0.25, -0.2) is 0 Å². The van der Waals surface area contributed by atoms with Crippen LogP contribution in [-0.2, 0) is 11.0 Å². The highest BCUT2D eigenvalue weighted by Gasteiger charge is 2.36. The molecule has 92 valence electrons. The largest absolute Gasteiger partial charge is 0.416 e. The van der Waals surface area contributed by atoms with Crippen LogP contribution in [0.3, 0.4) is 0 Å². The van der Waals surface area contributed by atoms with Gasteiger partial charge in [0.2, 0.25) is 5.12 Å². The van der Waals surface area contributed by atoms with Gasteiger partial charge in [0.05, 0.1) is 5.56 Å². The van der Waals surface area contributed by atoms with Gasteiger partial charge in [-0.1, -0.05) is 0 Å². The lowest BCUT2D eigenvalue weighted by atomic mass is 10.1. The van der Waals surface area contributed by atoms with Crippen LogP contribution in [0.1, 0.15) is 19.4 Å². The molecule has 0 saturated heterocycles. The van der Waals surface area contributed by atoms with E-state index in [1.54, 1.807) is 13.8 Å². The first-order valence-electron chi connectivity index (χ1n) is 4.92. The van der Waals surface area contributed by atoms with E-state index in [9.17, 15) is 18.0 Å². The lowest BCUT2D eigenvalue weighted by Gasteiger charge is -2.31. The van der Waals surface area contributed by atoms with E-state index < -0.39 is 17.3 Å². The van der Waals surface area contributed by atoms with Crippen LogP contribution in [0, 0.1) is 0 Å². The molecule has 2 rings (SSSR count). The van der Waals surface area contributed by atoms with Crippen LogP contribution in [0.2, 0.25) is 0 Å². The maximum Gasteiger partial charge on any atom is 0.416 e. The molecule has 0 radical (unpaired) electrons. The summed E-state index contributed by atoms with van der Waals surface area (Å²) in [6, 6.07) is 3.37. The molecule has 0 bridgehead atoms. The van der Waals surface area contributed by atoms with Crippen LogP contribution in [0.15, 0.2) is 23.1 Å². The van der Waals surface area contributed by atoms with E-state index >= 15 is 0 Å². The number of rotatable bonds is 0. The summed E-state index contributed by atoms with van der Waals surface area (Å²) in [5.41, 5.74) is -0.928. The van der Waals surface area contributed by atoms with E-state index in [2.05, 4.69) is 5.32 Å². The van der Waals surface area contributed by atoms with Crippen molar-refractivity contribution in [3.05, 3.63) is 23.8 Å². The third-order valence-corrected chi connectivity index (χ3v) is 3.72. The lowest BCUT2D eigenvalue weighted by Crippen LogP contribution is -2.41. The number of benzene rings is 1. The van der Waals surface area contributed by atoms with E-state index in [1.165, 1.54) is 6.07 Å². The Morgan fingerprint density at radius 1 is 1.29 bits per heavy atom. The molecule has 0 atom stereocenters. The zero-order chi connectivity index (χ0) is 12.8. The van der Waals surface area contributed by atoms with Crippen molar-refractivity contribution in [1.82, 2.24) is 0 Å². The topological polar surface area (TPSA) is 29.1 Å². The summed E-state index contributed by atoms with van der Waals surface area (Å²) in [7, 11) is 0. The van der Waals surface area contributed by atoms with Gasteiger partial charge in [-0.05, 0) is 43.8 Å².